The van der Waals surface area contributed by atoms with Gasteiger partial charge in [0.15, 0.2) is 5.76 Å². The van der Waals surface area contributed by atoms with Crippen LogP contribution < -0.4 is 4.74 Å². The zero-order chi connectivity index (χ0) is 18.3. The van der Waals surface area contributed by atoms with E-state index in [-0.39, 0.29) is 11.5 Å². The molecule has 0 aliphatic carbocycles. The molecular formula is C21H20BrNO3. The Bertz CT molecular complexity index is 914. The van der Waals surface area contributed by atoms with Crippen molar-refractivity contribution in [2.45, 2.75) is 26.3 Å². The first kappa shape index (κ1) is 17.3. The molecule has 2 heterocycles. The normalized spacial score (nSPS) is 18.4. The number of ether oxygens (including phenoxy) is 1. The van der Waals surface area contributed by atoms with Crippen molar-refractivity contribution in [3.8, 4) is 11.5 Å². The number of Topliss-reactive ketones (excluding diaryl/α,β-unsaturated/α-hetero) is 1. The van der Waals surface area contributed by atoms with Crippen LogP contribution in [0.15, 0.2) is 40.6 Å². The van der Waals surface area contributed by atoms with Crippen LogP contribution in [0.1, 0.15) is 39.9 Å². The highest BCUT2D eigenvalue weighted by Gasteiger charge is 2.34. The number of likely N-dealkylation sites (tertiary alicyclic amines) is 1. The molecule has 2 aliphatic heterocycles. The van der Waals surface area contributed by atoms with Crippen molar-refractivity contribution in [2.24, 2.45) is 0 Å². The summed E-state index contributed by atoms with van der Waals surface area (Å²) in [5, 5.41) is 10.5. The van der Waals surface area contributed by atoms with Crippen LogP contribution in [0.3, 0.4) is 0 Å². The Balaban J connectivity index is 1.75. The van der Waals surface area contributed by atoms with E-state index in [1.165, 1.54) is 12.8 Å². The largest absolute Gasteiger partial charge is 0.507 e. The number of allylic oxidation sites excluding steroid dienone is 1. The maximum atomic E-state index is 12.9. The number of phenolic OH excluding ortho intramolecular Hbond substituents is 1. The molecule has 0 aromatic heterocycles. The molecule has 0 saturated carbocycles. The maximum absolute atomic E-state index is 12.9. The van der Waals surface area contributed by atoms with Gasteiger partial charge in [0.1, 0.15) is 11.5 Å². The minimum absolute atomic E-state index is 0.129. The molecule has 2 aromatic rings. The zero-order valence-corrected chi connectivity index (χ0v) is 16.2. The van der Waals surface area contributed by atoms with E-state index < -0.39 is 0 Å². The summed E-state index contributed by atoms with van der Waals surface area (Å²) in [6, 6.07) is 9.36. The standard InChI is InChI=1S/C21H20BrNO3/c1-13-10-17(24)15(12-23-8-4-5-9-23)21-19(13)20(25)18(26-21)11-14-6-2-3-7-16(14)22/h2-3,6-7,10-11,24H,4-5,8-9,12H2,1H3/b18-11-. The summed E-state index contributed by atoms with van der Waals surface area (Å²) in [5.74, 6) is 0.875. The fourth-order valence-electron chi connectivity index (χ4n) is 3.63. The second-order valence-electron chi connectivity index (χ2n) is 6.84. The second kappa shape index (κ2) is 6.89. The lowest BCUT2D eigenvalue weighted by Gasteiger charge is -2.18. The molecule has 0 radical (unpaired) electrons. The summed E-state index contributed by atoms with van der Waals surface area (Å²) < 4.78 is 6.89. The number of rotatable bonds is 3. The lowest BCUT2D eigenvalue weighted by atomic mass is 9.99. The van der Waals surface area contributed by atoms with Gasteiger partial charge in [-0.2, -0.15) is 0 Å². The minimum atomic E-state index is -0.129. The molecule has 0 amide bonds. The Morgan fingerprint density at radius 1 is 1.27 bits per heavy atom. The first-order valence-electron chi connectivity index (χ1n) is 8.81. The summed E-state index contributed by atoms with van der Waals surface area (Å²) in [6.45, 7) is 4.45. The van der Waals surface area contributed by atoms with Gasteiger partial charge < -0.3 is 9.84 Å². The van der Waals surface area contributed by atoms with Crippen molar-refractivity contribution >= 4 is 27.8 Å². The molecule has 4 rings (SSSR count). The number of aromatic hydroxyl groups is 1. The Hall–Kier alpha value is -2.11. The predicted molar refractivity (Wildman–Crippen MR) is 104 cm³/mol. The van der Waals surface area contributed by atoms with Crippen molar-refractivity contribution in [3.05, 3.63) is 62.8 Å². The number of phenols is 1. The van der Waals surface area contributed by atoms with Crippen LogP contribution in [0.4, 0.5) is 0 Å². The number of fused-ring (bicyclic) bond motifs is 1. The number of nitrogens with zero attached hydrogens (tertiary/aromatic N) is 1. The molecule has 4 nitrogen and oxygen atoms in total. The molecule has 1 saturated heterocycles. The van der Waals surface area contributed by atoms with Crippen molar-refractivity contribution in [3.63, 3.8) is 0 Å². The van der Waals surface area contributed by atoms with Crippen LogP contribution >= 0.6 is 15.9 Å². The number of halogens is 1. The molecule has 26 heavy (non-hydrogen) atoms. The number of ketones is 1. The number of benzene rings is 2. The van der Waals surface area contributed by atoms with Gasteiger partial charge in [-0.15, -0.1) is 0 Å². The summed E-state index contributed by atoms with van der Waals surface area (Å²) in [4.78, 5) is 15.2. The van der Waals surface area contributed by atoms with E-state index >= 15 is 0 Å². The van der Waals surface area contributed by atoms with Crippen molar-refractivity contribution < 1.29 is 14.6 Å². The van der Waals surface area contributed by atoms with E-state index in [9.17, 15) is 9.90 Å². The maximum Gasteiger partial charge on any atom is 0.232 e. The smallest absolute Gasteiger partial charge is 0.232 e. The van der Waals surface area contributed by atoms with E-state index in [1.54, 1.807) is 12.1 Å². The third-order valence-electron chi connectivity index (χ3n) is 4.99. The minimum Gasteiger partial charge on any atom is -0.507 e. The first-order chi connectivity index (χ1) is 12.5. The fourth-order valence-corrected chi connectivity index (χ4v) is 4.03. The van der Waals surface area contributed by atoms with E-state index in [0.717, 1.165) is 28.7 Å². The molecule has 0 unspecified atom stereocenters. The molecule has 0 spiro atoms. The summed E-state index contributed by atoms with van der Waals surface area (Å²) in [5.41, 5.74) is 2.89. The lowest BCUT2D eigenvalue weighted by molar-refractivity contribution is 0.101. The Labute approximate surface area is 161 Å². The van der Waals surface area contributed by atoms with Crippen molar-refractivity contribution in [1.29, 1.82) is 0 Å². The van der Waals surface area contributed by atoms with E-state index in [4.69, 9.17) is 4.74 Å². The topological polar surface area (TPSA) is 49.8 Å². The Morgan fingerprint density at radius 3 is 2.73 bits per heavy atom. The summed E-state index contributed by atoms with van der Waals surface area (Å²) in [6.07, 6.45) is 4.09. The third kappa shape index (κ3) is 3.06. The van der Waals surface area contributed by atoms with Crippen molar-refractivity contribution in [2.75, 3.05) is 13.1 Å². The van der Waals surface area contributed by atoms with Crippen LogP contribution in [0, 0.1) is 6.92 Å². The number of hydrogen-bond donors (Lipinski definition) is 1. The molecule has 0 atom stereocenters. The van der Waals surface area contributed by atoms with Gasteiger partial charge in [-0.1, -0.05) is 34.1 Å². The van der Waals surface area contributed by atoms with Gasteiger partial charge in [0, 0.05) is 11.0 Å². The Morgan fingerprint density at radius 2 is 2.00 bits per heavy atom. The molecule has 134 valence electrons. The second-order valence-corrected chi connectivity index (χ2v) is 7.69. The molecular weight excluding hydrogens is 394 g/mol. The van der Waals surface area contributed by atoms with Gasteiger partial charge >= 0.3 is 0 Å². The average Bonchev–Trinajstić information content (AvgIpc) is 3.22. The predicted octanol–water partition coefficient (Wildman–Crippen LogP) is 4.68. The van der Waals surface area contributed by atoms with Crippen LogP contribution in [0.2, 0.25) is 0 Å². The quantitative estimate of drug-likeness (QED) is 0.742. The van der Waals surface area contributed by atoms with Crippen LogP contribution in [-0.2, 0) is 6.54 Å². The number of carbonyl (C=O) groups excluding carboxylic acids is 1. The van der Waals surface area contributed by atoms with Gasteiger partial charge in [0.2, 0.25) is 5.78 Å². The molecule has 5 heteroatoms. The molecule has 2 aliphatic rings. The number of carbonyl (C=O) groups is 1. The average molecular weight is 414 g/mol. The van der Waals surface area contributed by atoms with Gasteiger partial charge in [-0.25, -0.2) is 0 Å². The fraction of sp³-hybridized carbons (Fsp3) is 0.286. The van der Waals surface area contributed by atoms with E-state index in [1.807, 2.05) is 31.2 Å². The first-order valence-corrected chi connectivity index (χ1v) is 9.60. The summed E-state index contributed by atoms with van der Waals surface area (Å²) in [7, 11) is 0. The van der Waals surface area contributed by atoms with Crippen LogP contribution in [-0.4, -0.2) is 28.9 Å². The molecule has 1 N–H and O–H groups in total. The molecule has 2 aromatic carbocycles. The van der Waals surface area contributed by atoms with Gasteiger partial charge in [0.25, 0.3) is 0 Å². The van der Waals surface area contributed by atoms with E-state index in [2.05, 4.69) is 20.8 Å². The SMILES string of the molecule is Cc1cc(O)c(CN2CCCC2)c2c1C(=O)/C(=C/c1ccccc1Br)O2. The zero-order valence-electron chi connectivity index (χ0n) is 14.6. The van der Waals surface area contributed by atoms with Crippen LogP contribution in [0.25, 0.3) is 6.08 Å². The van der Waals surface area contributed by atoms with Gasteiger partial charge in [0.05, 0.1) is 11.1 Å². The lowest BCUT2D eigenvalue weighted by Crippen LogP contribution is -2.19. The highest BCUT2D eigenvalue weighted by atomic mass is 79.9. The third-order valence-corrected chi connectivity index (χ3v) is 5.72. The monoisotopic (exact) mass is 413 g/mol. The van der Waals surface area contributed by atoms with E-state index in [0.29, 0.717) is 29.2 Å². The molecule has 1 fully saturated rings. The van der Waals surface area contributed by atoms with Crippen LogP contribution in [0.5, 0.6) is 11.5 Å². The Kier molecular flexibility index (Phi) is 4.59. The molecule has 0 bridgehead atoms. The highest BCUT2D eigenvalue weighted by Crippen LogP contribution is 2.42. The van der Waals surface area contributed by atoms with Gasteiger partial charge in [-0.3, -0.25) is 9.69 Å². The number of hydrogen-bond acceptors (Lipinski definition) is 4. The van der Waals surface area contributed by atoms with Gasteiger partial charge in [-0.05, 0) is 62.2 Å². The summed E-state index contributed by atoms with van der Waals surface area (Å²) >= 11 is 3.50. The number of aryl methyl sites for hydroxylation is 1. The highest BCUT2D eigenvalue weighted by molar-refractivity contribution is 9.10. The van der Waals surface area contributed by atoms with Crippen molar-refractivity contribution in [1.82, 2.24) is 4.90 Å².